The minimum absolute atomic E-state index is 0.0829. The second kappa shape index (κ2) is 7.84. The van der Waals surface area contributed by atoms with Gasteiger partial charge in [0.25, 0.3) is 5.91 Å². The van der Waals surface area contributed by atoms with Gasteiger partial charge in [0.05, 0.1) is 17.1 Å². The summed E-state index contributed by atoms with van der Waals surface area (Å²) in [5.74, 6) is -0.758. The molecule has 32 heavy (non-hydrogen) atoms. The Hall–Kier alpha value is -2.46. The quantitative estimate of drug-likeness (QED) is 0.659. The number of cyclic esters (lactones) is 1. The summed E-state index contributed by atoms with van der Waals surface area (Å²) < 4.78 is 51.6. The maximum Gasteiger partial charge on any atom is 0.424 e. The molecule has 0 radical (unpaired) electrons. The van der Waals surface area contributed by atoms with Crippen molar-refractivity contribution in [3.8, 4) is 0 Å². The number of furan rings is 1. The highest BCUT2D eigenvalue weighted by molar-refractivity contribution is 6.38. The number of fused-ring (bicyclic) bond motifs is 1. The molecule has 3 heterocycles. The first-order valence-corrected chi connectivity index (χ1v) is 10.9. The molecule has 2 aromatic rings. The topological polar surface area (TPSA) is 66.2 Å². The first kappa shape index (κ1) is 21.4. The molecule has 172 valence electrons. The van der Waals surface area contributed by atoms with Gasteiger partial charge in [-0.1, -0.05) is 11.6 Å². The van der Waals surface area contributed by atoms with Crippen LogP contribution in [-0.2, 0) is 10.9 Å². The van der Waals surface area contributed by atoms with Crippen molar-refractivity contribution in [1.29, 1.82) is 0 Å². The van der Waals surface area contributed by atoms with E-state index < -0.39 is 29.3 Å². The van der Waals surface area contributed by atoms with Crippen molar-refractivity contribution in [3.63, 3.8) is 0 Å². The predicted molar refractivity (Wildman–Crippen MR) is 108 cm³/mol. The third-order valence-corrected chi connectivity index (χ3v) is 6.52. The molecular formula is C21H21ClF3N3O4. The van der Waals surface area contributed by atoms with Crippen LogP contribution in [-0.4, -0.2) is 66.2 Å². The minimum Gasteiger partial charge on any atom is -0.449 e. The van der Waals surface area contributed by atoms with Crippen LogP contribution in [0.3, 0.4) is 0 Å². The lowest BCUT2D eigenvalue weighted by Gasteiger charge is -2.28. The van der Waals surface area contributed by atoms with Crippen LogP contribution in [0.15, 0.2) is 16.5 Å². The molecule has 0 unspecified atom stereocenters. The monoisotopic (exact) mass is 471 g/mol. The van der Waals surface area contributed by atoms with Crippen molar-refractivity contribution in [2.45, 2.75) is 31.4 Å². The Balaban J connectivity index is 1.43. The normalized spacial score (nSPS) is 20.7. The summed E-state index contributed by atoms with van der Waals surface area (Å²) in [6.07, 6.45) is -2.81. The van der Waals surface area contributed by atoms with Gasteiger partial charge in [0, 0.05) is 31.6 Å². The van der Waals surface area contributed by atoms with E-state index in [9.17, 15) is 22.8 Å². The third-order valence-electron chi connectivity index (χ3n) is 6.14. The molecule has 0 spiro atoms. The molecule has 7 nitrogen and oxygen atoms in total. The molecule has 11 heteroatoms. The number of hydrazine groups is 1. The molecule has 0 bridgehead atoms. The van der Waals surface area contributed by atoms with Gasteiger partial charge in [-0.15, -0.1) is 0 Å². The zero-order chi connectivity index (χ0) is 22.6. The van der Waals surface area contributed by atoms with Gasteiger partial charge in [-0.25, -0.2) is 14.8 Å². The van der Waals surface area contributed by atoms with E-state index in [1.54, 1.807) is 6.07 Å². The third kappa shape index (κ3) is 3.79. The number of nitrogens with zero attached hydrogens (tertiary/aromatic N) is 3. The van der Waals surface area contributed by atoms with Gasteiger partial charge in [-0.05, 0) is 42.9 Å². The van der Waals surface area contributed by atoms with Gasteiger partial charge in [-0.3, -0.25) is 4.79 Å². The first-order valence-electron chi connectivity index (χ1n) is 10.6. The molecule has 1 aromatic heterocycles. The Morgan fingerprint density at radius 3 is 2.53 bits per heavy atom. The first-order chi connectivity index (χ1) is 15.2. The number of carbonyl (C=O) groups is 2. The van der Waals surface area contributed by atoms with Gasteiger partial charge in [-0.2, -0.15) is 13.2 Å². The molecule has 1 aromatic carbocycles. The fourth-order valence-corrected chi connectivity index (χ4v) is 4.59. The van der Waals surface area contributed by atoms with E-state index in [1.165, 1.54) is 9.91 Å². The molecule has 3 aliphatic rings. The van der Waals surface area contributed by atoms with Crippen LogP contribution in [0.4, 0.5) is 18.0 Å². The van der Waals surface area contributed by atoms with Crippen LogP contribution >= 0.6 is 11.6 Å². The lowest BCUT2D eigenvalue weighted by atomic mass is 10.0. The lowest BCUT2D eigenvalue weighted by molar-refractivity contribution is -0.136. The van der Waals surface area contributed by atoms with Crippen molar-refractivity contribution < 1.29 is 31.9 Å². The van der Waals surface area contributed by atoms with E-state index in [0.717, 1.165) is 18.9 Å². The van der Waals surface area contributed by atoms with Crippen LogP contribution in [0.25, 0.3) is 11.0 Å². The molecule has 5 rings (SSSR count). The van der Waals surface area contributed by atoms with Crippen molar-refractivity contribution in [2.75, 3.05) is 39.3 Å². The smallest absolute Gasteiger partial charge is 0.424 e. The zero-order valence-electron chi connectivity index (χ0n) is 17.1. The lowest BCUT2D eigenvalue weighted by Crippen LogP contribution is -2.45. The molecule has 0 atom stereocenters. The number of hydrogen-bond acceptors (Lipinski definition) is 5. The Bertz CT molecular complexity index is 1080. The average Bonchev–Trinajstić information content (AvgIpc) is 3.49. The molecule has 1 aliphatic carbocycles. The second-order valence-electron chi connectivity index (χ2n) is 8.30. The highest BCUT2D eigenvalue weighted by Gasteiger charge is 2.39. The Morgan fingerprint density at radius 1 is 1.09 bits per heavy atom. The summed E-state index contributed by atoms with van der Waals surface area (Å²) in [5.41, 5.74) is -0.756. The summed E-state index contributed by atoms with van der Waals surface area (Å²) in [4.78, 5) is 26.5. The van der Waals surface area contributed by atoms with E-state index in [4.69, 9.17) is 20.8 Å². The number of rotatable bonds is 3. The fourth-order valence-electron chi connectivity index (χ4n) is 4.33. The molecule has 0 N–H and O–H groups in total. The number of amides is 2. The van der Waals surface area contributed by atoms with Crippen molar-refractivity contribution in [1.82, 2.24) is 14.9 Å². The number of halogens is 4. The van der Waals surface area contributed by atoms with E-state index in [2.05, 4.69) is 0 Å². The fraction of sp³-hybridized carbons (Fsp3) is 0.524. The SMILES string of the molecule is O=C(c1oc2c(C(F)(F)F)cc(C3CC3)cc2c1Cl)N1CCCN(N2CCOC2=O)CC1. The Kier molecular flexibility index (Phi) is 5.24. The number of alkyl halides is 3. The van der Waals surface area contributed by atoms with Crippen LogP contribution < -0.4 is 0 Å². The summed E-state index contributed by atoms with van der Waals surface area (Å²) in [5, 5.41) is 3.36. The van der Waals surface area contributed by atoms with Crippen molar-refractivity contribution >= 4 is 34.6 Å². The standard InChI is InChI=1S/C21H21ClF3N3O4/c22-16-14-10-13(12-2-3-12)11-15(21(23,24)25)17(14)32-18(16)19(29)26-4-1-5-27(7-6-26)28-8-9-31-20(28)30/h10-12H,1-9H2. The Labute approximate surface area is 186 Å². The van der Waals surface area contributed by atoms with Gasteiger partial charge in [0.2, 0.25) is 5.76 Å². The molecule has 3 fully saturated rings. The maximum absolute atomic E-state index is 13.7. The van der Waals surface area contributed by atoms with Gasteiger partial charge < -0.3 is 14.1 Å². The van der Waals surface area contributed by atoms with E-state index >= 15 is 0 Å². The van der Waals surface area contributed by atoms with Crippen molar-refractivity contribution in [3.05, 3.63) is 34.0 Å². The van der Waals surface area contributed by atoms with E-state index in [1.807, 2.05) is 5.01 Å². The Morgan fingerprint density at radius 2 is 1.88 bits per heavy atom. The molecule has 2 aliphatic heterocycles. The second-order valence-corrected chi connectivity index (χ2v) is 8.68. The van der Waals surface area contributed by atoms with Gasteiger partial charge in [0.15, 0.2) is 0 Å². The molecule has 2 amide bonds. The van der Waals surface area contributed by atoms with E-state index in [-0.39, 0.29) is 28.6 Å². The average molecular weight is 472 g/mol. The van der Waals surface area contributed by atoms with Crippen LogP contribution in [0.1, 0.15) is 46.9 Å². The number of ether oxygens (including phenoxy) is 1. The molecule has 2 saturated heterocycles. The summed E-state index contributed by atoms with van der Waals surface area (Å²) in [7, 11) is 0. The summed E-state index contributed by atoms with van der Waals surface area (Å²) in [6.45, 7) is 2.34. The van der Waals surface area contributed by atoms with Crippen molar-refractivity contribution in [2.24, 2.45) is 0 Å². The number of hydrogen-bond donors (Lipinski definition) is 0. The van der Waals surface area contributed by atoms with Crippen LogP contribution in [0, 0.1) is 0 Å². The zero-order valence-corrected chi connectivity index (χ0v) is 17.8. The van der Waals surface area contributed by atoms with Crippen LogP contribution in [0.2, 0.25) is 5.02 Å². The summed E-state index contributed by atoms with van der Waals surface area (Å²) >= 11 is 6.39. The molecule has 1 saturated carbocycles. The largest absolute Gasteiger partial charge is 0.449 e. The van der Waals surface area contributed by atoms with Gasteiger partial charge in [0.1, 0.15) is 12.2 Å². The van der Waals surface area contributed by atoms with Crippen LogP contribution in [0.5, 0.6) is 0 Å². The van der Waals surface area contributed by atoms with Gasteiger partial charge >= 0.3 is 12.3 Å². The highest BCUT2D eigenvalue weighted by Crippen LogP contribution is 2.46. The number of carbonyl (C=O) groups excluding carboxylic acids is 2. The van der Waals surface area contributed by atoms with E-state index in [0.29, 0.717) is 44.8 Å². The highest BCUT2D eigenvalue weighted by atomic mass is 35.5. The molecular weight excluding hydrogens is 451 g/mol. The maximum atomic E-state index is 13.7. The predicted octanol–water partition coefficient (Wildman–Crippen LogP) is 4.50. The number of benzene rings is 1. The minimum atomic E-state index is -4.63. The summed E-state index contributed by atoms with van der Waals surface area (Å²) in [6, 6.07) is 2.71.